The molecule has 0 radical (unpaired) electrons. The Bertz CT molecular complexity index is 470. The van der Waals surface area contributed by atoms with Crippen LogP contribution >= 0.6 is 15.9 Å². The van der Waals surface area contributed by atoms with Gasteiger partial charge in [0, 0.05) is 13.0 Å². The molecule has 4 nitrogen and oxygen atoms in total. The maximum Gasteiger partial charge on any atom is 0.392 e. The van der Waals surface area contributed by atoms with E-state index in [2.05, 4.69) is 21.0 Å². The van der Waals surface area contributed by atoms with Crippen LogP contribution in [0.5, 0.6) is 0 Å². The van der Waals surface area contributed by atoms with Gasteiger partial charge in [-0.05, 0) is 22.4 Å². The summed E-state index contributed by atoms with van der Waals surface area (Å²) in [6.07, 6.45) is -4.55. The minimum atomic E-state index is -4.25. The summed E-state index contributed by atoms with van der Waals surface area (Å²) < 4.78 is 39.2. The van der Waals surface area contributed by atoms with Crippen molar-refractivity contribution < 1.29 is 23.1 Å². The first kappa shape index (κ1) is 12.4. The molecule has 0 saturated heterocycles. The fourth-order valence-corrected chi connectivity index (χ4v) is 2.50. The number of carboxylic acid groups (broad SMARTS) is 1. The van der Waals surface area contributed by atoms with Gasteiger partial charge in [0.25, 0.3) is 0 Å². The molecule has 1 N–H and O–H groups in total. The zero-order valence-electron chi connectivity index (χ0n) is 8.46. The Hall–Kier alpha value is -1.05. The van der Waals surface area contributed by atoms with Gasteiger partial charge in [-0.15, -0.1) is 0 Å². The molecule has 0 fully saturated rings. The highest BCUT2D eigenvalue weighted by Gasteiger charge is 2.42. The van der Waals surface area contributed by atoms with Crippen molar-refractivity contribution in [1.29, 1.82) is 0 Å². The Morgan fingerprint density at radius 1 is 1.53 bits per heavy atom. The first-order valence-electron chi connectivity index (χ1n) is 4.86. The number of carbonyl (C=O) groups is 1. The van der Waals surface area contributed by atoms with Crippen LogP contribution in [-0.4, -0.2) is 27.0 Å². The predicted molar refractivity (Wildman–Crippen MR) is 54.8 cm³/mol. The van der Waals surface area contributed by atoms with Gasteiger partial charge in [-0.25, -0.2) is 4.79 Å². The van der Waals surface area contributed by atoms with Gasteiger partial charge in [0.15, 0.2) is 5.69 Å². The molecular weight excluding hydrogens is 305 g/mol. The standard InChI is InChI=1S/C9H8BrF3N2O2/c10-6-5-3-4(9(11,12)13)1-2-15(5)14-7(6)8(16)17/h4H,1-3H2,(H,16,17). The summed E-state index contributed by atoms with van der Waals surface area (Å²) in [5.41, 5.74) is 0.0683. The molecule has 1 aliphatic heterocycles. The van der Waals surface area contributed by atoms with Gasteiger partial charge in [0.1, 0.15) is 0 Å². The van der Waals surface area contributed by atoms with Gasteiger partial charge in [0.05, 0.1) is 16.1 Å². The lowest BCUT2D eigenvalue weighted by Gasteiger charge is -2.25. The Kier molecular flexibility index (Phi) is 2.92. The van der Waals surface area contributed by atoms with Crippen molar-refractivity contribution in [2.45, 2.75) is 25.6 Å². The summed E-state index contributed by atoms with van der Waals surface area (Å²) >= 11 is 3.00. The fourth-order valence-electron chi connectivity index (χ4n) is 1.88. The molecule has 17 heavy (non-hydrogen) atoms. The molecule has 0 amide bonds. The molecule has 2 heterocycles. The molecule has 94 valence electrons. The lowest BCUT2D eigenvalue weighted by Crippen LogP contribution is -2.31. The minimum absolute atomic E-state index is 0.0658. The third-order valence-corrected chi connectivity index (χ3v) is 3.62. The highest BCUT2D eigenvalue weighted by molar-refractivity contribution is 9.10. The number of nitrogens with zero attached hydrogens (tertiary/aromatic N) is 2. The number of fused-ring (bicyclic) bond motifs is 1. The third kappa shape index (κ3) is 2.18. The van der Waals surface area contributed by atoms with Crippen LogP contribution in [0, 0.1) is 5.92 Å². The van der Waals surface area contributed by atoms with Gasteiger partial charge in [0.2, 0.25) is 0 Å². The number of aromatic carboxylic acids is 1. The van der Waals surface area contributed by atoms with E-state index in [0.717, 1.165) is 0 Å². The summed E-state index contributed by atoms with van der Waals surface area (Å²) in [6, 6.07) is 0. The zero-order chi connectivity index (χ0) is 12.8. The highest BCUT2D eigenvalue weighted by Crippen LogP contribution is 2.37. The van der Waals surface area contributed by atoms with Crippen molar-refractivity contribution in [2.24, 2.45) is 5.92 Å². The van der Waals surface area contributed by atoms with E-state index >= 15 is 0 Å². The van der Waals surface area contributed by atoms with E-state index in [-0.39, 0.29) is 29.6 Å². The summed E-state index contributed by atoms with van der Waals surface area (Å²) in [4.78, 5) is 10.8. The molecule has 1 unspecified atom stereocenters. The van der Waals surface area contributed by atoms with Crippen molar-refractivity contribution in [2.75, 3.05) is 0 Å². The predicted octanol–water partition coefficient (Wildman–Crippen LogP) is 2.47. The monoisotopic (exact) mass is 312 g/mol. The Morgan fingerprint density at radius 2 is 2.18 bits per heavy atom. The summed E-state index contributed by atoms with van der Waals surface area (Å²) in [6.45, 7) is 0.0887. The molecule has 0 spiro atoms. The number of hydrogen-bond donors (Lipinski definition) is 1. The summed E-state index contributed by atoms with van der Waals surface area (Å²) in [5.74, 6) is -2.67. The van der Waals surface area contributed by atoms with Crippen LogP contribution in [0.25, 0.3) is 0 Å². The fraction of sp³-hybridized carbons (Fsp3) is 0.556. The average Bonchev–Trinajstić information content (AvgIpc) is 2.54. The quantitative estimate of drug-likeness (QED) is 0.866. The maximum atomic E-state index is 12.6. The lowest BCUT2D eigenvalue weighted by molar-refractivity contribution is -0.179. The topological polar surface area (TPSA) is 55.1 Å². The van der Waals surface area contributed by atoms with E-state index in [9.17, 15) is 18.0 Å². The second kappa shape index (κ2) is 4.01. The number of hydrogen-bond acceptors (Lipinski definition) is 2. The van der Waals surface area contributed by atoms with Crippen LogP contribution in [0.3, 0.4) is 0 Å². The van der Waals surface area contributed by atoms with E-state index in [1.54, 1.807) is 0 Å². The SMILES string of the molecule is O=C(O)c1nn2c(c1Br)CC(C(F)(F)F)CC2. The van der Waals surface area contributed by atoms with Gasteiger partial charge >= 0.3 is 12.1 Å². The number of carboxylic acids is 1. The highest BCUT2D eigenvalue weighted by atomic mass is 79.9. The Labute approximate surface area is 103 Å². The van der Waals surface area contributed by atoms with Gasteiger partial charge in [-0.1, -0.05) is 0 Å². The van der Waals surface area contributed by atoms with Crippen LogP contribution in [0.4, 0.5) is 13.2 Å². The third-order valence-electron chi connectivity index (χ3n) is 2.79. The molecule has 8 heteroatoms. The lowest BCUT2D eigenvalue weighted by atomic mass is 9.95. The molecule has 1 atom stereocenters. The molecule has 1 aliphatic rings. The number of alkyl halides is 3. The van der Waals surface area contributed by atoms with Crippen LogP contribution in [0.1, 0.15) is 22.6 Å². The van der Waals surface area contributed by atoms with E-state index in [4.69, 9.17) is 5.11 Å². The van der Waals surface area contributed by atoms with Crippen molar-refractivity contribution in [3.05, 3.63) is 15.9 Å². The normalized spacial score (nSPS) is 20.1. The Morgan fingerprint density at radius 3 is 2.71 bits per heavy atom. The van der Waals surface area contributed by atoms with Crippen molar-refractivity contribution in [3.63, 3.8) is 0 Å². The number of aryl methyl sites for hydroxylation is 1. The van der Waals surface area contributed by atoms with E-state index in [1.807, 2.05) is 0 Å². The van der Waals surface area contributed by atoms with Gasteiger partial charge < -0.3 is 5.11 Å². The second-order valence-corrected chi connectivity index (χ2v) is 4.66. The number of rotatable bonds is 1. The van der Waals surface area contributed by atoms with E-state index in [0.29, 0.717) is 5.69 Å². The maximum absolute atomic E-state index is 12.6. The molecule has 0 bridgehead atoms. The van der Waals surface area contributed by atoms with Crippen molar-refractivity contribution >= 4 is 21.9 Å². The van der Waals surface area contributed by atoms with Crippen LogP contribution < -0.4 is 0 Å². The molecule has 0 aliphatic carbocycles. The van der Waals surface area contributed by atoms with Crippen molar-refractivity contribution in [3.8, 4) is 0 Å². The number of aromatic nitrogens is 2. The molecule has 1 aromatic rings. The summed E-state index contributed by atoms with van der Waals surface area (Å²) in [7, 11) is 0. The molecule has 1 aromatic heterocycles. The van der Waals surface area contributed by atoms with Crippen LogP contribution in [0.2, 0.25) is 0 Å². The van der Waals surface area contributed by atoms with E-state index < -0.39 is 18.1 Å². The van der Waals surface area contributed by atoms with Crippen molar-refractivity contribution in [1.82, 2.24) is 9.78 Å². The zero-order valence-corrected chi connectivity index (χ0v) is 10.0. The first-order chi connectivity index (χ1) is 7.80. The molecule has 0 aromatic carbocycles. The van der Waals surface area contributed by atoms with Crippen LogP contribution in [0.15, 0.2) is 4.47 Å². The average molecular weight is 313 g/mol. The van der Waals surface area contributed by atoms with E-state index in [1.165, 1.54) is 4.68 Å². The second-order valence-electron chi connectivity index (χ2n) is 3.87. The molecule has 2 rings (SSSR count). The first-order valence-corrected chi connectivity index (χ1v) is 5.65. The van der Waals surface area contributed by atoms with Crippen LogP contribution in [-0.2, 0) is 13.0 Å². The molecular formula is C9H8BrF3N2O2. The van der Waals surface area contributed by atoms with Gasteiger partial charge in [-0.3, -0.25) is 4.68 Å². The number of halogens is 4. The Balaban J connectivity index is 2.35. The largest absolute Gasteiger partial charge is 0.476 e. The smallest absolute Gasteiger partial charge is 0.392 e. The summed E-state index contributed by atoms with van der Waals surface area (Å²) in [5, 5.41) is 12.6. The van der Waals surface area contributed by atoms with Gasteiger partial charge in [-0.2, -0.15) is 18.3 Å². The molecule has 0 saturated carbocycles. The minimum Gasteiger partial charge on any atom is -0.476 e.